The summed E-state index contributed by atoms with van der Waals surface area (Å²) in [5.41, 5.74) is 1.18. The van der Waals surface area contributed by atoms with E-state index in [0.29, 0.717) is 43.9 Å². The predicted molar refractivity (Wildman–Crippen MR) is 153 cm³/mol. The number of benzene rings is 1. The summed E-state index contributed by atoms with van der Waals surface area (Å²) in [4.78, 5) is 16.8. The molecule has 0 spiro atoms. The van der Waals surface area contributed by atoms with Gasteiger partial charge >= 0.3 is 12.2 Å². The number of anilines is 2. The standard InChI is InChI=1S/C31H31F7N6O/c1-15-21(31(36,37)38)18(9-20(39)22(15)33)25-24(35)26-19(12-40-25)28(44-8-3-2-5-17-23(34)27(17)44)42-29(41-26)45-14-30-6-4-7-43(30)13-16(10-30)11-32/h9,11-12,17,23,27H,2-8,10,13-14,39H2,1H3/b16-11-/t17-,23-,27-,30+/m1/s1. The summed E-state index contributed by atoms with van der Waals surface area (Å²) in [6.07, 6.45) is -0.110. The van der Waals surface area contributed by atoms with E-state index < -0.39 is 63.6 Å². The zero-order chi connectivity index (χ0) is 31.8. The molecule has 7 rings (SSSR count). The summed E-state index contributed by atoms with van der Waals surface area (Å²) in [6.45, 7) is 2.62. The highest BCUT2D eigenvalue weighted by Gasteiger charge is 2.56. The van der Waals surface area contributed by atoms with Gasteiger partial charge < -0.3 is 15.4 Å². The van der Waals surface area contributed by atoms with Gasteiger partial charge in [-0.05, 0) is 62.8 Å². The molecular weight excluding hydrogens is 605 g/mol. The zero-order valence-electron chi connectivity index (χ0n) is 24.4. The maximum absolute atomic E-state index is 16.5. The van der Waals surface area contributed by atoms with Crippen LogP contribution in [0.2, 0.25) is 0 Å². The highest BCUT2D eigenvalue weighted by atomic mass is 19.4. The van der Waals surface area contributed by atoms with Crippen LogP contribution in [0.15, 0.2) is 24.2 Å². The molecular formula is C31H31F7N6O. The number of nitrogens with two attached hydrogens (primary N) is 1. The van der Waals surface area contributed by atoms with Gasteiger partial charge in [0.1, 0.15) is 35.6 Å². The van der Waals surface area contributed by atoms with E-state index in [9.17, 15) is 26.3 Å². The quantitative estimate of drug-likeness (QED) is 0.247. The van der Waals surface area contributed by atoms with Gasteiger partial charge in [0, 0.05) is 30.8 Å². The lowest BCUT2D eigenvalue weighted by molar-refractivity contribution is -0.137. The van der Waals surface area contributed by atoms with Crippen LogP contribution in [0.1, 0.15) is 49.7 Å². The predicted octanol–water partition coefficient (Wildman–Crippen LogP) is 6.68. The number of hydrogen-bond acceptors (Lipinski definition) is 7. The first-order valence-corrected chi connectivity index (χ1v) is 15.0. The third-order valence-corrected chi connectivity index (χ3v) is 9.88. The van der Waals surface area contributed by atoms with Gasteiger partial charge in [-0.15, -0.1) is 0 Å². The van der Waals surface area contributed by atoms with E-state index in [1.54, 1.807) is 4.90 Å². The van der Waals surface area contributed by atoms with Crippen LogP contribution in [-0.4, -0.2) is 63.8 Å². The Balaban J connectivity index is 1.37. The molecule has 4 atom stereocenters. The second kappa shape index (κ2) is 10.7. The fourth-order valence-electron chi connectivity index (χ4n) is 7.62. The third-order valence-electron chi connectivity index (χ3n) is 9.88. The van der Waals surface area contributed by atoms with E-state index in [4.69, 9.17) is 10.5 Å². The molecule has 1 aromatic carbocycles. The Morgan fingerprint density at radius 3 is 2.69 bits per heavy atom. The molecule has 2 aromatic heterocycles. The second-order valence-corrected chi connectivity index (χ2v) is 12.6. The van der Waals surface area contributed by atoms with Crippen molar-refractivity contribution >= 4 is 22.4 Å². The molecule has 7 nitrogen and oxygen atoms in total. The highest BCUT2D eigenvalue weighted by molar-refractivity contribution is 5.93. The molecule has 240 valence electrons. The number of ether oxygens (including phenoxy) is 1. The van der Waals surface area contributed by atoms with Crippen molar-refractivity contribution in [2.24, 2.45) is 5.92 Å². The van der Waals surface area contributed by atoms with Gasteiger partial charge in [0.15, 0.2) is 5.82 Å². The number of nitrogen functional groups attached to an aromatic ring is 1. The summed E-state index contributed by atoms with van der Waals surface area (Å²) in [7, 11) is 0. The molecule has 1 saturated carbocycles. The van der Waals surface area contributed by atoms with Crippen molar-refractivity contribution in [3.63, 3.8) is 0 Å². The average Bonchev–Trinajstić information content (AvgIpc) is 3.35. The molecule has 3 aromatic rings. The van der Waals surface area contributed by atoms with Crippen LogP contribution in [-0.2, 0) is 6.18 Å². The topological polar surface area (TPSA) is 80.4 Å². The van der Waals surface area contributed by atoms with Gasteiger partial charge in [-0.3, -0.25) is 9.88 Å². The van der Waals surface area contributed by atoms with Crippen LogP contribution in [0.25, 0.3) is 22.2 Å². The molecule has 5 heterocycles. The van der Waals surface area contributed by atoms with Crippen molar-refractivity contribution < 1.29 is 35.5 Å². The fourth-order valence-corrected chi connectivity index (χ4v) is 7.62. The number of alkyl halides is 4. The summed E-state index contributed by atoms with van der Waals surface area (Å²) >= 11 is 0. The molecule has 1 aliphatic carbocycles. The van der Waals surface area contributed by atoms with Gasteiger partial charge in [-0.1, -0.05) is 6.42 Å². The van der Waals surface area contributed by atoms with Crippen LogP contribution in [0, 0.1) is 24.5 Å². The number of halogens is 7. The van der Waals surface area contributed by atoms with Crippen molar-refractivity contribution in [2.45, 2.75) is 69.4 Å². The summed E-state index contributed by atoms with van der Waals surface area (Å²) < 4.78 is 108. The van der Waals surface area contributed by atoms with Crippen LogP contribution < -0.4 is 15.4 Å². The minimum atomic E-state index is -5.05. The first-order valence-electron chi connectivity index (χ1n) is 15.0. The molecule has 0 radical (unpaired) electrons. The first-order chi connectivity index (χ1) is 21.4. The molecule has 14 heteroatoms. The number of nitrogens with zero attached hydrogens (tertiary/aromatic N) is 5. The number of aromatic nitrogens is 3. The zero-order valence-corrected chi connectivity index (χ0v) is 24.4. The summed E-state index contributed by atoms with van der Waals surface area (Å²) in [6, 6.07) is -0.0212. The van der Waals surface area contributed by atoms with E-state index in [1.165, 1.54) is 0 Å². The Labute approximate surface area is 254 Å². The maximum Gasteiger partial charge on any atom is 0.417 e. The van der Waals surface area contributed by atoms with E-state index >= 15 is 4.39 Å². The molecule has 3 saturated heterocycles. The Morgan fingerprint density at radius 1 is 1.13 bits per heavy atom. The minimum Gasteiger partial charge on any atom is -0.461 e. The Kier molecular flexibility index (Phi) is 7.13. The molecule has 0 unspecified atom stereocenters. The van der Waals surface area contributed by atoms with E-state index in [1.807, 2.05) is 0 Å². The van der Waals surface area contributed by atoms with Crippen molar-refractivity contribution in [3.05, 3.63) is 46.9 Å². The van der Waals surface area contributed by atoms with Crippen LogP contribution >= 0.6 is 0 Å². The SMILES string of the molecule is Cc1c(F)c(N)cc(-c2ncc3c(N4CCCC[C@@H]5[C@@H](F)[C@@H]54)nc(OC[C@@]45CCCN4C/C(=C\F)C5)nc3c2F)c1C(F)(F)F. The van der Waals surface area contributed by atoms with Crippen molar-refractivity contribution in [3.8, 4) is 17.3 Å². The normalized spacial score (nSPS) is 27.6. The number of hydrogen-bond donors (Lipinski definition) is 1. The van der Waals surface area contributed by atoms with E-state index in [-0.39, 0.29) is 35.3 Å². The first kappa shape index (κ1) is 30.0. The van der Waals surface area contributed by atoms with Gasteiger partial charge in [-0.25, -0.2) is 17.6 Å². The lowest BCUT2D eigenvalue weighted by atomic mass is 9.94. The van der Waals surface area contributed by atoms with Gasteiger partial charge in [0.05, 0.1) is 34.5 Å². The van der Waals surface area contributed by atoms with Crippen molar-refractivity contribution in [1.82, 2.24) is 19.9 Å². The molecule has 3 aliphatic heterocycles. The second-order valence-electron chi connectivity index (χ2n) is 12.6. The Morgan fingerprint density at radius 2 is 1.93 bits per heavy atom. The van der Waals surface area contributed by atoms with Crippen molar-refractivity contribution in [1.29, 1.82) is 0 Å². The molecule has 0 bridgehead atoms. The molecule has 45 heavy (non-hydrogen) atoms. The van der Waals surface area contributed by atoms with Crippen LogP contribution in [0.5, 0.6) is 6.01 Å². The third kappa shape index (κ3) is 4.86. The Hall–Kier alpha value is -3.68. The fraction of sp³-hybridized carbons (Fsp3) is 0.516. The van der Waals surface area contributed by atoms with E-state index in [0.717, 1.165) is 45.3 Å². The smallest absolute Gasteiger partial charge is 0.417 e. The number of fused-ring (bicyclic) bond motifs is 3. The summed E-state index contributed by atoms with van der Waals surface area (Å²) in [5, 5.41) is 0.0767. The summed E-state index contributed by atoms with van der Waals surface area (Å²) in [5.74, 6) is -2.51. The lowest BCUT2D eigenvalue weighted by Gasteiger charge is -2.31. The number of rotatable bonds is 5. The van der Waals surface area contributed by atoms with E-state index in [2.05, 4.69) is 19.9 Å². The van der Waals surface area contributed by atoms with Gasteiger partial charge in [-0.2, -0.15) is 23.1 Å². The van der Waals surface area contributed by atoms with Gasteiger partial charge in [0.25, 0.3) is 0 Å². The minimum absolute atomic E-state index is 0.0680. The monoisotopic (exact) mass is 636 g/mol. The van der Waals surface area contributed by atoms with Gasteiger partial charge in [0.2, 0.25) is 0 Å². The van der Waals surface area contributed by atoms with Crippen LogP contribution in [0.4, 0.5) is 42.2 Å². The maximum atomic E-state index is 16.5. The molecule has 0 amide bonds. The molecule has 4 fully saturated rings. The number of pyridine rings is 1. The van der Waals surface area contributed by atoms with Crippen LogP contribution in [0.3, 0.4) is 0 Å². The average molecular weight is 637 g/mol. The molecule has 4 aliphatic rings. The molecule has 2 N–H and O–H groups in total. The van der Waals surface area contributed by atoms with Crippen molar-refractivity contribution in [2.75, 3.05) is 36.9 Å². The Bertz CT molecular complexity index is 1710. The largest absolute Gasteiger partial charge is 0.461 e. The lowest BCUT2D eigenvalue weighted by Crippen LogP contribution is -2.43. The highest BCUT2D eigenvalue weighted by Crippen LogP contribution is 2.49.